The first-order valence-electron chi connectivity index (χ1n) is 9.89. The van der Waals surface area contributed by atoms with Gasteiger partial charge in [0.05, 0.1) is 11.7 Å². The van der Waals surface area contributed by atoms with Crippen LogP contribution in [0.1, 0.15) is 74.3 Å². The average Bonchev–Trinajstić information content (AvgIpc) is 3.32. The molecule has 4 rings (SSSR count). The number of hydrogen-bond acceptors (Lipinski definition) is 4. The largest absolute Gasteiger partial charge is 0.433 e. The minimum Gasteiger partial charge on any atom is -0.288 e. The van der Waals surface area contributed by atoms with Crippen molar-refractivity contribution in [1.82, 2.24) is 24.5 Å². The van der Waals surface area contributed by atoms with Crippen LogP contribution in [0.25, 0.3) is 5.65 Å². The van der Waals surface area contributed by atoms with Crippen LogP contribution in [0.5, 0.6) is 0 Å². The second-order valence-electron chi connectivity index (χ2n) is 7.91. The molecule has 0 unspecified atom stereocenters. The van der Waals surface area contributed by atoms with Gasteiger partial charge in [0.15, 0.2) is 5.65 Å². The zero-order chi connectivity index (χ0) is 20.8. The zero-order valence-electron chi connectivity index (χ0n) is 16.7. The van der Waals surface area contributed by atoms with Crippen molar-refractivity contribution in [3.63, 3.8) is 0 Å². The molecule has 3 aromatic rings. The maximum absolute atomic E-state index is 13.7. The number of nitrogens with zero attached hydrogens (tertiary/aromatic N) is 5. The Bertz CT molecular complexity index is 997. The minimum atomic E-state index is -4.49. The van der Waals surface area contributed by atoms with Gasteiger partial charge in [0.2, 0.25) is 0 Å². The Labute approximate surface area is 167 Å². The molecule has 0 spiro atoms. The van der Waals surface area contributed by atoms with Crippen LogP contribution in [0, 0.1) is 0 Å². The van der Waals surface area contributed by atoms with Crippen LogP contribution < -0.4 is 0 Å². The highest BCUT2D eigenvalue weighted by Gasteiger charge is 2.37. The van der Waals surface area contributed by atoms with Crippen molar-refractivity contribution in [3.8, 4) is 0 Å². The average molecular weight is 403 g/mol. The molecule has 5 nitrogen and oxygen atoms in total. The van der Waals surface area contributed by atoms with Crippen molar-refractivity contribution in [2.45, 2.75) is 57.8 Å². The van der Waals surface area contributed by atoms with Gasteiger partial charge in [-0.2, -0.15) is 18.3 Å². The van der Waals surface area contributed by atoms with Crippen molar-refractivity contribution < 1.29 is 13.2 Å². The van der Waals surface area contributed by atoms with Crippen LogP contribution in [0.3, 0.4) is 0 Å². The van der Waals surface area contributed by atoms with Crippen LogP contribution in [0.15, 0.2) is 36.7 Å². The lowest BCUT2D eigenvalue weighted by Gasteiger charge is -2.30. The number of hydrogen-bond donors (Lipinski definition) is 0. The summed E-state index contributed by atoms with van der Waals surface area (Å²) in [6.45, 7) is 6.66. The number of likely N-dealkylation sites (tertiary alicyclic amines) is 1. The summed E-state index contributed by atoms with van der Waals surface area (Å²) >= 11 is 0. The maximum atomic E-state index is 13.7. The van der Waals surface area contributed by atoms with E-state index in [9.17, 15) is 13.2 Å². The van der Waals surface area contributed by atoms with Gasteiger partial charge in [0, 0.05) is 30.2 Å². The number of fused-ring (bicyclic) bond motifs is 1. The van der Waals surface area contributed by atoms with Gasteiger partial charge in [-0.1, -0.05) is 13.8 Å². The van der Waals surface area contributed by atoms with Gasteiger partial charge in [-0.25, -0.2) is 9.50 Å². The standard InChI is InChI=1S/C21H24F3N5/c1-13(2)16-11-19(21(22,23)24)29-20(26-16)12-17(27-29)18-5-4-10-28(18)14(3)15-6-8-25-9-7-15/h6-9,11-14,18H,4-5,10H2,1-3H3/t14-,18+/m0/s1. The van der Waals surface area contributed by atoms with Crippen LogP contribution in [0.2, 0.25) is 0 Å². The van der Waals surface area contributed by atoms with E-state index in [1.165, 1.54) is 0 Å². The summed E-state index contributed by atoms with van der Waals surface area (Å²) in [5.41, 5.74) is 1.67. The van der Waals surface area contributed by atoms with E-state index < -0.39 is 11.9 Å². The second-order valence-corrected chi connectivity index (χ2v) is 7.91. The first kappa shape index (κ1) is 19.8. The Hall–Kier alpha value is -2.48. The molecular formula is C21H24F3N5. The van der Waals surface area contributed by atoms with Gasteiger partial charge < -0.3 is 0 Å². The fourth-order valence-corrected chi connectivity index (χ4v) is 4.08. The molecule has 0 bridgehead atoms. The van der Waals surface area contributed by atoms with E-state index in [1.54, 1.807) is 18.5 Å². The highest BCUT2D eigenvalue weighted by Crippen LogP contribution is 2.39. The molecule has 0 aromatic carbocycles. The van der Waals surface area contributed by atoms with Gasteiger partial charge in [0.25, 0.3) is 0 Å². The predicted octanol–water partition coefficient (Wildman–Crippen LogP) is 5.16. The summed E-state index contributed by atoms with van der Waals surface area (Å²) < 4.78 is 42.0. The number of halogens is 3. The molecule has 3 aromatic heterocycles. The molecule has 8 heteroatoms. The van der Waals surface area contributed by atoms with E-state index in [2.05, 4.69) is 26.9 Å². The van der Waals surface area contributed by atoms with E-state index in [0.29, 0.717) is 11.4 Å². The molecule has 0 N–H and O–H groups in total. The van der Waals surface area contributed by atoms with Crippen molar-refractivity contribution in [3.05, 3.63) is 59.3 Å². The smallest absolute Gasteiger partial charge is 0.288 e. The number of pyridine rings is 1. The zero-order valence-corrected chi connectivity index (χ0v) is 16.7. The van der Waals surface area contributed by atoms with Gasteiger partial charge in [-0.15, -0.1) is 0 Å². The van der Waals surface area contributed by atoms with Crippen molar-refractivity contribution >= 4 is 5.65 Å². The highest BCUT2D eigenvalue weighted by molar-refractivity contribution is 5.44. The molecule has 29 heavy (non-hydrogen) atoms. The van der Waals surface area contributed by atoms with Gasteiger partial charge in [0.1, 0.15) is 5.69 Å². The Morgan fingerprint density at radius 1 is 1.10 bits per heavy atom. The molecule has 2 atom stereocenters. The van der Waals surface area contributed by atoms with Crippen LogP contribution in [-0.4, -0.2) is 31.0 Å². The van der Waals surface area contributed by atoms with Gasteiger partial charge in [-0.3, -0.25) is 9.88 Å². The molecule has 0 radical (unpaired) electrons. The molecule has 1 fully saturated rings. The van der Waals surface area contributed by atoms with E-state index in [-0.39, 0.29) is 23.6 Å². The summed E-state index contributed by atoms with van der Waals surface area (Å²) in [6.07, 6.45) is 0.861. The van der Waals surface area contributed by atoms with E-state index in [0.717, 1.165) is 35.5 Å². The Morgan fingerprint density at radius 2 is 1.83 bits per heavy atom. The predicted molar refractivity (Wildman–Crippen MR) is 103 cm³/mol. The lowest BCUT2D eigenvalue weighted by molar-refractivity contribution is -0.142. The Morgan fingerprint density at radius 3 is 2.48 bits per heavy atom. The summed E-state index contributed by atoms with van der Waals surface area (Å²) in [6, 6.07) is 6.85. The number of alkyl halides is 3. The molecule has 154 valence electrons. The lowest BCUT2D eigenvalue weighted by atomic mass is 10.1. The van der Waals surface area contributed by atoms with Crippen LogP contribution in [-0.2, 0) is 6.18 Å². The molecule has 0 amide bonds. The van der Waals surface area contributed by atoms with Crippen LogP contribution >= 0.6 is 0 Å². The monoisotopic (exact) mass is 403 g/mol. The normalized spacial score (nSPS) is 19.3. The fraction of sp³-hybridized carbons (Fsp3) is 0.476. The summed E-state index contributed by atoms with van der Waals surface area (Å²) in [5.74, 6) is -0.103. The molecule has 1 aliphatic rings. The van der Waals surface area contributed by atoms with E-state index in [4.69, 9.17) is 0 Å². The molecule has 0 saturated carbocycles. The van der Waals surface area contributed by atoms with Crippen molar-refractivity contribution in [2.24, 2.45) is 0 Å². The first-order valence-corrected chi connectivity index (χ1v) is 9.89. The number of rotatable bonds is 4. The lowest BCUT2D eigenvalue weighted by Crippen LogP contribution is -2.27. The summed E-state index contributed by atoms with van der Waals surface area (Å²) in [4.78, 5) is 10.8. The third kappa shape index (κ3) is 3.73. The first-order chi connectivity index (χ1) is 13.8. The third-order valence-corrected chi connectivity index (χ3v) is 5.67. The molecule has 0 aliphatic carbocycles. The summed E-state index contributed by atoms with van der Waals surface area (Å²) in [5, 5.41) is 4.37. The fourth-order valence-electron chi connectivity index (χ4n) is 4.08. The minimum absolute atomic E-state index is 0.0385. The van der Waals surface area contributed by atoms with E-state index >= 15 is 0 Å². The van der Waals surface area contributed by atoms with E-state index in [1.807, 2.05) is 26.0 Å². The Kier molecular flexibility index (Phi) is 5.06. The van der Waals surface area contributed by atoms with Crippen molar-refractivity contribution in [1.29, 1.82) is 0 Å². The molecule has 1 aliphatic heterocycles. The van der Waals surface area contributed by atoms with Gasteiger partial charge >= 0.3 is 6.18 Å². The second kappa shape index (κ2) is 7.40. The quantitative estimate of drug-likeness (QED) is 0.603. The van der Waals surface area contributed by atoms with Gasteiger partial charge in [-0.05, 0) is 56.0 Å². The summed E-state index contributed by atoms with van der Waals surface area (Å²) in [7, 11) is 0. The van der Waals surface area contributed by atoms with Crippen molar-refractivity contribution in [2.75, 3.05) is 6.54 Å². The molecule has 4 heterocycles. The molecule has 1 saturated heterocycles. The molecular weight excluding hydrogens is 379 g/mol. The maximum Gasteiger partial charge on any atom is 0.433 e. The Balaban J connectivity index is 1.75. The third-order valence-electron chi connectivity index (χ3n) is 5.67. The topological polar surface area (TPSA) is 46.3 Å². The number of aromatic nitrogens is 4. The SMILES string of the molecule is CC(C)c1cc(C(F)(F)F)n2nc([C@H]3CCCN3[C@@H](C)c3ccncc3)cc2n1. The van der Waals surface area contributed by atoms with Crippen LogP contribution in [0.4, 0.5) is 13.2 Å². The highest BCUT2D eigenvalue weighted by atomic mass is 19.4.